The molecule has 0 radical (unpaired) electrons. The number of nitrogens with zero attached hydrogens (tertiary/aromatic N) is 2. The van der Waals surface area contributed by atoms with Crippen LogP contribution in [0.1, 0.15) is 25.5 Å². The summed E-state index contributed by atoms with van der Waals surface area (Å²) in [6.07, 6.45) is 3.74. The smallest absolute Gasteiger partial charge is 0.0719 e. The van der Waals surface area contributed by atoms with Crippen LogP contribution in [0, 0.1) is 0 Å². The number of benzene rings is 1. The summed E-state index contributed by atoms with van der Waals surface area (Å²) in [6, 6.07) is 9.09. The zero-order chi connectivity index (χ0) is 13.9. The largest absolute Gasteiger partial charge is 0.313 e. The highest BCUT2D eigenvalue weighted by Crippen LogP contribution is 2.31. The Kier molecular flexibility index (Phi) is 4.32. The SMILES string of the molecule is CCNC(Cc1nn(C)c2ccccc12)C1CCCS1. The Morgan fingerprint density at radius 2 is 2.30 bits per heavy atom. The van der Waals surface area contributed by atoms with Crippen LogP contribution in [0.15, 0.2) is 24.3 Å². The Hall–Kier alpha value is -1.00. The van der Waals surface area contributed by atoms with Gasteiger partial charge in [0.2, 0.25) is 0 Å². The van der Waals surface area contributed by atoms with Crippen LogP contribution in [0.5, 0.6) is 0 Å². The Morgan fingerprint density at radius 3 is 3.05 bits per heavy atom. The van der Waals surface area contributed by atoms with Crippen LogP contribution in [0.3, 0.4) is 0 Å². The zero-order valence-electron chi connectivity index (χ0n) is 12.3. The predicted molar refractivity (Wildman–Crippen MR) is 87.4 cm³/mol. The first-order valence-electron chi connectivity index (χ1n) is 7.55. The van der Waals surface area contributed by atoms with Crippen molar-refractivity contribution in [3.05, 3.63) is 30.0 Å². The molecule has 1 aliphatic heterocycles. The van der Waals surface area contributed by atoms with Gasteiger partial charge in [0.1, 0.15) is 0 Å². The molecule has 20 heavy (non-hydrogen) atoms. The zero-order valence-corrected chi connectivity index (χ0v) is 13.1. The lowest BCUT2D eigenvalue weighted by Gasteiger charge is -2.23. The van der Waals surface area contributed by atoms with Gasteiger partial charge in [-0.1, -0.05) is 25.1 Å². The van der Waals surface area contributed by atoms with E-state index in [9.17, 15) is 0 Å². The number of hydrogen-bond acceptors (Lipinski definition) is 3. The molecule has 0 amide bonds. The van der Waals surface area contributed by atoms with E-state index in [0.29, 0.717) is 6.04 Å². The van der Waals surface area contributed by atoms with E-state index in [4.69, 9.17) is 5.10 Å². The average Bonchev–Trinajstić information content (AvgIpc) is 3.08. The second-order valence-corrected chi connectivity index (χ2v) is 6.85. The molecule has 0 bridgehead atoms. The molecule has 3 nitrogen and oxygen atoms in total. The van der Waals surface area contributed by atoms with Crippen molar-refractivity contribution < 1.29 is 0 Å². The van der Waals surface area contributed by atoms with Gasteiger partial charge in [0.15, 0.2) is 0 Å². The normalized spacial score (nSPS) is 20.6. The number of hydrogen-bond donors (Lipinski definition) is 1. The fraction of sp³-hybridized carbons (Fsp3) is 0.562. The van der Waals surface area contributed by atoms with E-state index < -0.39 is 0 Å². The molecule has 1 saturated heterocycles. The van der Waals surface area contributed by atoms with Crippen molar-refractivity contribution in [3.63, 3.8) is 0 Å². The standard InChI is InChI=1S/C16H23N3S/c1-3-17-14(16-9-6-10-20-16)11-13-12-7-4-5-8-15(12)19(2)18-13/h4-5,7-8,14,16-17H,3,6,9-11H2,1-2H3. The van der Waals surface area contributed by atoms with E-state index in [1.54, 1.807) is 0 Å². The maximum Gasteiger partial charge on any atom is 0.0719 e. The van der Waals surface area contributed by atoms with E-state index in [0.717, 1.165) is 18.2 Å². The highest BCUT2D eigenvalue weighted by Gasteiger charge is 2.26. The quantitative estimate of drug-likeness (QED) is 0.917. The summed E-state index contributed by atoms with van der Waals surface area (Å²) in [5, 5.41) is 10.5. The molecule has 0 spiro atoms. The molecular formula is C16H23N3S. The summed E-state index contributed by atoms with van der Waals surface area (Å²) < 4.78 is 2.01. The molecule has 1 aromatic heterocycles. The van der Waals surface area contributed by atoms with E-state index in [2.05, 4.69) is 48.3 Å². The lowest BCUT2D eigenvalue weighted by atomic mass is 10.0. The third-order valence-corrected chi connectivity index (χ3v) is 5.64. The van der Waals surface area contributed by atoms with Gasteiger partial charge in [-0.25, -0.2) is 0 Å². The van der Waals surface area contributed by atoms with Crippen LogP contribution in [0.2, 0.25) is 0 Å². The first-order chi connectivity index (χ1) is 9.79. The molecule has 4 heteroatoms. The van der Waals surface area contributed by atoms with Gasteiger partial charge in [-0.3, -0.25) is 4.68 Å². The van der Waals surface area contributed by atoms with Crippen LogP contribution in [0.25, 0.3) is 10.9 Å². The highest BCUT2D eigenvalue weighted by molar-refractivity contribution is 8.00. The molecule has 2 heterocycles. The molecule has 0 aliphatic carbocycles. The lowest BCUT2D eigenvalue weighted by Crippen LogP contribution is -2.39. The third kappa shape index (κ3) is 2.72. The van der Waals surface area contributed by atoms with E-state index in [1.165, 1.54) is 35.2 Å². The Bertz CT molecular complexity index is 572. The number of rotatable bonds is 5. The molecular weight excluding hydrogens is 266 g/mol. The van der Waals surface area contributed by atoms with Crippen LogP contribution >= 0.6 is 11.8 Å². The summed E-state index contributed by atoms with van der Waals surface area (Å²) in [4.78, 5) is 0. The van der Waals surface area contributed by atoms with E-state index in [-0.39, 0.29) is 0 Å². The van der Waals surface area contributed by atoms with E-state index in [1.807, 2.05) is 11.7 Å². The van der Waals surface area contributed by atoms with Gasteiger partial charge < -0.3 is 5.32 Å². The summed E-state index contributed by atoms with van der Waals surface area (Å²) in [5.41, 5.74) is 2.47. The monoisotopic (exact) mass is 289 g/mol. The van der Waals surface area contributed by atoms with Crippen LogP contribution in [0.4, 0.5) is 0 Å². The molecule has 108 valence electrons. The topological polar surface area (TPSA) is 29.9 Å². The summed E-state index contributed by atoms with van der Waals surface area (Å²) >= 11 is 2.12. The minimum atomic E-state index is 0.547. The van der Waals surface area contributed by atoms with Crippen molar-refractivity contribution in [3.8, 4) is 0 Å². The van der Waals surface area contributed by atoms with Crippen molar-refractivity contribution in [1.82, 2.24) is 15.1 Å². The minimum absolute atomic E-state index is 0.547. The molecule has 1 fully saturated rings. The molecule has 2 unspecified atom stereocenters. The molecule has 3 rings (SSSR count). The second-order valence-electron chi connectivity index (χ2n) is 5.51. The maximum absolute atomic E-state index is 4.75. The minimum Gasteiger partial charge on any atom is -0.313 e. The van der Waals surface area contributed by atoms with Crippen molar-refractivity contribution >= 4 is 22.7 Å². The number of aromatic nitrogens is 2. The first kappa shape index (κ1) is 14.0. The third-order valence-electron chi connectivity index (χ3n) is 4.13. The van der Waals surface area contributed by atoms with Crippen LogP contribution < -0.4 is 5.32 Å². The highest BCUT2D eigenvalue weighted by atomic mass is 32.2. The van der Waals surface area contributed by atoms with Gasteiger partial charge in [0, 0.05) is 30.1 Å². The molecule has 1 N–H and O–H groups in total. The molecule has 2 aromatic rings. The van der Waals surface area contributed by atoms with Crippen LogP contribution in [-0.4, -0.2) is 33.4 Å². The molecule has 1 aliphatic rings. The predicted octanol–water partition coefficient (Wildman–Crippen LogP) is 2.99. The fourth-order valence-electron chi connectivity index (χ4n) is 3.16. The Morgan fingerprint density at radius 1 is 1.45 bits per heavy atom. The Balaban J connectivity index is 1.86. The van der Waals surface area contributed by atoms with Crippen molar-refractivity contribution in [2.45, 2.75) is 37.5 Å². The van der Waals surface area contributed by atoms with Crippen molar-refractivity contribution in [2.24, 2.45) is 7.05 Å². The number of likely N-dealkylation sites (N-methyl/N-ethyl adjacent to an activating group) is 1. The van der Waals surface area contributed by atoms with E-state index >= 15 is 0 Å². The van der Waals surface area contributed by atoms with Gasteiger partial charge >= 0.3 is 0 Å². The van der Waals surface area contributed by atoms with Gasteiger partial charge in [0.05, 0.1) is 11.2 Å². The number of para-hydroxylation sites is 1. The Labute approximate surface area is 125 Å². The van der Waals surface area contributed by atoms with Gasteiger partial charge in [-0.15, -0.1) is 0 Å². The van der Waals surface area contributed by atoms with Gasteiger partial charge in [0.25, 0.3) is 0 Å². The van der Waals surface area contributed by atoms with Gasteiger partial charge in [-0.2, -0.15) is 16.9 Å². The summed E-state index contributed by atoms with van der Waals surface area (Å²) in [7, 11) is 2.04. The van der Waals surface area contributed by atoms with Crippen LogP contribution in [-0.2, 0) is 13.5 Å². The molecule has 1 aromatic carbocycles. The fourth-order valence-corrected chi connectivity index (χ4v) is 4.56. The van der Waals surface area contributed by atoms with Gasteiger partial charge in [-0.05, 0) is 31.2 Å². The molecule has 2 atom stereocenters. The summed E-state index contributed by atoms with van der Waals surface area (Å²) in [6.45, 7) is 3.23. The average molecular weight is 289 g/mol. The maximum atomic E-state index is 4.75. The number of nitrogens with one attached hydrogen (secondary N) is 1. The molecule has 0 saturated carbocycles. The number of fused-ring (bicyclic) bond motifs is 1. The van der Waals surface area contributed by atoms with Crippen molar-refractivity contribution in [2.75, 3.05) is 12.3 Å². The number of aryl methyl sites for hydroxylation is 1. The van der Waals surface area contributed by atoms with Crippen molar-refractivity contribution in [1.29, 1.82) is 0 Å². The lowest BCUT2D eigenvalue weighted by molar-refractivity contribution is 0.490. The first-order valence-corrected chi connectivity index (χ1v) is 8.60. The summed E-state index contributed by atoms with van der Waals surface area (Å²) in [5.74, 6) is 1.32. The second kappa shape index (κ2) is 6.19. The number of thioether (sulfide) groups is 1.